The fourth-order valence-corrected chi connectivity index (χ4v) is 5.07. The number of hydrogen-bond donors (Lipinski definition) is 1. The van der Waals surface area contributed by atoms with Gasteiger partial charge in [0.2, 0.25) is 0 Å². The van der Waals surface area contributed by atoms with E-state index in [1.54, 1.807) is 54.5 Å². The standard InChI is InChI=1S/C28H27F3N6O2S/c1-16-14-37(15-25(39-16)28(29,30)31)26-6-4-5-21(36-26)22-8-7-18-11-33-20(10-23(18)35-22)13-34-27(38)19-9-24(40-3)17(2)32-12-19/h4-12,16,25H,13-15H2,1-3H3,(H,34,38)/t16-,25-/m0/s1. The van der Waals surface area contributed by atoms with Crippen molar-refractivity contribution >= 4 is 34.4 Å². The summed E-state index contributed by atoms with van der Waals surface area (Å²) in [7, 11) is 0. The first-order valence-electron chi connectivity index (χ1n) is 12.6. The number of aryl methyl sites for hydroxylation is 1. The molecular formula is C28H27F3N6O2S. The summed E-state index contributed by atoms with van der Waals surface area (Å²) in [5.41, 5.74) is 3.72. The van der Waals surface area contributed by atoms with Crippen molar-refractivity contribution in [3.8, 4) is 11.4 Å². The summed E-state index contributed by atoms with van der Waals surface area (Å²) in [5.74, 6) is 0.176. The first-order chi connectivity index (χ1) is 19.1. The Balaban J connectivity index is 1.34. The van der Waals surface area contributed by atoms with Gasteiger partial charge in [0.15, 0.2) is 6.10 Å². The third-order valence-corrected chi connectivity index (χ3v) is 7.38. The summed E-state index contributed by atoms with van der Waals surface area (Å²) in [6.45, 7) is 3.69. The molecule has 1 fully saturated rings. The van der Waals surface area contributed by atoms with Gasteiger partial charge < -0.3 is 15.0 Å². The first-order valence-corrected chi connectivity index (χ1v) is 13.8. The van der Waals surface area contributed by atoms with Gasteiger partial charge in [0.05, 0.1) is 53.0 Å². The van der Waals surface area contributed by atoms with Crippen LogP contribution in [0.2, 0.25) is 0 Å². The minimum absolute atomic E-state index is 0.201. The third kappa shape index (κ3) is 6.18. The highest BCUT2D eigenvalue weighted by molar-refractivity contribution is 7.98. The number of rotatable bonds is 6. The molecule has 1 saturated heterocycles. The Morgan fingerprint density at radius 1 is 1.10 bits per heavy atom. The molecule has 208 valence electrons. The predicted molar refractivity (Wildman–Crippen MR) is 147 cm³/mol. The minimum Gasteiger partial charge on any atom is -0.362 e. The van der Waals surface area contributed by atoms with Gasteiger partial charge in [-0.1, -0.05) is 6.07 Å². The number of amides is 1. The average molecular weight is 569 g/mol. The molecule has 0 aromatic carbocycles. The van der Waals surface area contributed by atoms with E-state index in [1.165, 1.54) is 11.8 Å². The zero-order valence-corrected chi connectivity index (χ0v) is 22.9. The number of aromatic nitrogens is 4. The number of thioether (sulfide) groups is 1. The molecule has 40 heavy (non-hydrogen) atoms. The van der Waals surface area contributed by atoms with Crippen molar-refractivity contribution in [1.82, 2.24) is 25.3 Å². The Bertz CT molecular complexity index is 1550. The van der Waals surface area contributed by atoms with Gasteiger partial charge in [-0.3, -0.25) is 14.8 Å². The fourth-order valence-electron chi connectivity index (χ4n) is 4.48. The molecule has 0 unspecified atom stereocenters. The molecule has 5 rings (SSSR count). The number of pyridine rings is 4. The largest absolute Gasteiger partial charge is 0.416 e. The van der Waals surface area contributed by atoms with Gasteiger partial charge in [-0.15, -0.1) is 11.8 Å². The third-order valence-electron chi connectivity index (χ3n) is 6.53. The number of nitrogens with one attached hydrogen (secondary N) is 1. The maximum absolute atomic E-state index is 13.3. The Labute approximate surface area is 233 Å². The van der Waals surface area contributed by atoms with Crippen LogP contribution in [0.4, 0.5) is 19.0 Å². The molecule has 4 aromatic rings. The van der Waals surface area contributed by atoms with E-state index < -0.39 is 18.4 Å². The van der Waals surface area contributed by atoms with Crippen LogP contribution in [0.25, 0.3) is 22.3 Å². The summed E-state index contributed by atoms with van der Waals surface area (Å²) >= 11 is 1.53. The van der Waals surface area contributed by atoms with E-state index in [4.69, 9.17) is 9.72 Å². The van der Waals surface area contributed by atoms with Crippen LogP contribution in [0.15, 0.2) is 59.8 Å². The Kier molecular flexibility index (Phi) is 7.90. The monoisotopic (exact) mass is 568 g/mol. The maximum atomic E-state index is 13.3. The van der Waals surface area contributed by atoms with E-state index in [-0.39, 0.29) is 19.0 Å². The van der Waals surface area contributed by atoms with E-state index in [0.717, 1.165) is 16.0 Å². The number of fused-ring (bicyclic) bond motifs is 1. The van der Waals surface area contributed by atoms with Crippen LogP contribution in [-0.2, 0) is 11.3 Å². The molecule has 0 radical (unpaired) electrons. The molecule has 4 aromatic heterocycles. The average Bonchev–Trinajstić information content (AvgIpc) is 2.95. The second-order valence-corrected chi connectivity index (χ2v) is 10.4. The first kappa shape index (κ1) is 27.8. The molecule has 12 heteroatoms. The number of alkyl halides is 3. The van der Waals surface area contributed by atoms with Crippen molar-refractivity contribution in [3.63, 3.8) is 0 Å². The Hall–Kier alpha value is -3.77. The van der Waals surface area contributed by atoms with E-state index in [1.807, 2.05) is 25.3 Å². The molecule has 2 atom stereocenters. The van der Waals surface area contributed by atoms with E-state index in [9.17, 15) is 18.0 Å². The SMILES string of the molecule is CSc1cc(C(=O)NCc2cc3nc(-c4cccc(N5C[C@@H](C(F)(F)F)O[C@@H](C)C5)n4)ccc3cn2)cnc1C. The smallest absolute Gasteiger partial charge is 0.362 e. The van der Waals surface area contributed by atoms with Crippen LogP contribution in [-0.4, -0.2) is 63.6 Å². The predicted octanol–water partition coefficient (Wildman–Crippen LogP) is 5.20. The molecule has 5 heterocycles. The summed E-state index contributed by atoms with van der Waals surface area (Å²) in [5, 5.41) is 3.67. The topological polar surface area (TPSA) is 93.1 Å². The van der Waals surface area contributed by atoms with Gasteiger partial charge in [0.1, 0.15) is 5.82 Å². The molecule has 1 aliphatic heterocycles. The van der Waals surface area contributed by atoms with E-state index >= 15 is 0 Å². The van der Waals surface area contributed by atoms with Gasteiger partial charge in [-0.25, -0.2) is 9.97 Å². The molecule has 1 amide bonds. The molecule has 0 aliphatic carbocycles. The highest BCUT2D eigenvalue weighted by Gasteiger charge is 2.45. The quantitative estimate of drug-likeness (QED) is 0.317. The second-order valence-electron chi connectivity index (χ2n) is 9.52. The molecule has 1 N–H and O–H groups in total. The molecule has 0 spiro atoms. The van der Waals surface area contributed by atoms with E-state index in [2.05, 4.69) is 20.3 Å². The molecule has 0 bridgehead atoms. The summed E-state index contributed by atoms with van der Waals surface area (Å²) in [6, 6.07) is 12.5. The van der Waals surface area contributed by atoms with Gasteiger partial charge in [-0.05, 0) is 56.5 Å². The number of ether oxygens (including phenoxy) is 1. The number of hydrogen-bond acceptors (Lipinski definition) is 8. The highest BCUT2D eigenvalue weighted by atomic mass is 32.2. The van der Waals surface area contributed by atoms with Crippen LogP contribution < -0.4 is 10.2 Å². The Morgan fingerprint density at radius 3 is 2.67 bits per heavy atom. The lowest BCUT2D eigenvalue weighted by Crippen LogP contribution is -2.52. The van der Waals surface area contributed by atoms with Crippen molar-refractivity contribution in [1.29, 1.82) is 0 Å². The van der Waals surface area contributed by atoms with Crippen molar-refractivity contribution in [2.45, 2.75) is 43.7 Å². The number of nitrogens with zero attached hydrogens (tertiary/aromatic N) is 5. The van der Waals surface area contributed by atoms with Crippen LogP contribution in [0, 0.1) is 6.92 Å². The molecule has 8 nitrogen and oxygen atoms in total. The molecular weight excluding hydrogens is 541 g/mol. The molecule has 0 saturated carbocycles. The van der Waals surface area contributed by atoms with Crippen LogP contribution in [0.3, 0.4) is 0 Å². The summed E-state index contributed by atoms with van der Waals surface area (Å²) in [6.07, 6.45) is -1.75. The number of morpholine rings is 1. The lowest BCUT2D eigenvalue weighted by molar-refractivity contribution is -0.233. The highest BCUT2D eigenvalue weighted by Crippen LogP contribution is 2.30. The summed E-state index contributed by atoms with van der Waals surface area (Å²) in [4.78, 5) is 33.3. The Morgan fingerprint density at radius 2 is 1.90 bits per heavy atom. The van der Waals surface area contributed by atoms with Crippen molar-refractivity contribution in [2.75, 3.05) is 24.2 Å². The van der Waals surface area contributed by atoms with E-state index in [0.29, 0.717) is 40.5 Å². The summed E-state index contributed by atoms with van der Waals surface area (Å²) < 4.78 is 45.1. The van der Waals surface area contributed by atoms with Crippen molar-refractivity contribution < 1.29 is 22.7 Å². The molecule has 1 aliphatic rings. The van der Waals surface area contributed by atoms with Crippen LogP contribution in [0.5, 0.6) is 0 Å². The number of carbonyl (C=O) groups is 1. The lowest BCUT2D eigenvalue weighted by Gasteiger charge is -2.38. The lowest BCUT2D eigenvalue weighted by atomic mass is 10.1. The van der Waals surface area contributed by atoms with Gasteiger partial charge in [-0.2, -0.15) is 13.2 Å². The fraction of sp³-hybridized carbons (Fsp3) is 0.321. The van der Waals surface area contributed by atoms with Gasteiger partial charge in [0, 0.05) is 29.2 Å². The van der Waals surface area contributed by atoms with Crippen molar-refractivity contribution in [3.05, 3.63) is 71.8 Å². The minimum atomic E-state index is -4.45. The van der Waals surface area contributed by atoms with Gasteiger partial charge >= 0.3 is 6.18 Å². The van der Waals surface area contributed by atoms with Gasteiger partial charge in [0.25, 0.3) is 5.91 Å². The number of anilines is 1. The van der Waals surface area contributed by atoms with Crippen LogP contribution in [0.1, 0.15) is 28.7 Å². The zero-order chi connectivity index (χ0) is 28.4. The van der Waals surface area contributed by atoms with Crippen molar-refractivity contribution in [2.24, 2.45) is 0 Å². The number of halogens is 3. The zero-order valence-electron chi connectivity index (χ0n) is 22.1. The maximum Gasteiger partial charge on any atom is 0.416 e. The second kappa shape index (κ2) is 11.4. The van der Waals surface area contributed by atoms with Crippen LogP contribution >= 0.6 is 11.8 Å². The number of carbonyl (C=O) groups excluding carboxylic acids is 1. The normalized spacial score (nSPS) is 17.7.